The van der Waals surface area contributed by atoms with Crippen LogP contribution in [0, 0.1) is 10.1 Å². The summed E-state index contributed by atoms with van der Waals surface area (Å²) in [6, 6.07) is 25.5. The Kier molecular flexibility index (Phi) is 7.08. The molecule has 0 atom stereocenters. The number of nitro benzene ring substituents is 1. The van der Waals surface area contributed by atoms with Crippen LogP contribution < -0.4 is 15.5 Å². The third kappa shape index (κ3) is 6.05. The second-order valence-electron chi connectivity index (χ2n) is 7.44. The largest absolute Gasteiger partial charge is 0.422 e. The molecule has 4 aromatic rings. The number of nitrogens with one attached hydrogen (secondary N) is 2. The number of para-hydroxylation sites is 1. The van der Waals surface area contributed by atoms with Gasteiger partial charge in [0.05, 0.1) is 23.2 Å². The lowest BCUT2D eigenvalue weighted by molar-refractivity contribution is -0.384. The summed E-state index contributed by atoms with van der Waals surface area (Å²) in [6.07, 6.45) is 1.37. The zero-order chi connectivity index (χ0) is 24.6. The number of carbonyl (C=O) groups is 2. The van der Waals surface area contributed by atoms with Gasteiger partial charge in [-0.2, -0.15) is 5.10 Å². The van der Waals surface area contributed by atoms with Gasteiger partial charge in [0.15, 0.2) is 0 Å². The molecule has 9 nitrogen and oxygen atoms in total. The number of nitro groups is 1. The van der Waals surface area contributed by atoms with E-state index in [2.05, 4.69) is 15.8 Å². The van der Waals surface area contributed by atoms with E-state index in [9.17, 15) is 19.7 Å². The number of rotatable bonds is 8. The highest BCUT2D eigenvalue weighted by molar-refractivity contribution is 5.93. The minimum Gasteiger partial charge on any atom is -0.422 e. The van der Waals surface area contributed by atoms with Gasteiger partial charge in [-0.3, -0.25) is 14.9 Å². The molecule has 4 aromatic carbocycles. The number of hydrogen-bond donors (Lipinski definition) is 2. The predicted molar refractivity (Wildman–Crippen MR) is 133 cm³/mol. The smallest absolute Gasteiger partial charge is 0.343 e. The fourth-order valence-corrected chi connectivity index (χ4v) is 3.25. The fraction of sp³-hybridized carbons (Fsp3) is 0.0385. The molecule has 0 spiro atoms. The van der Waals surface area contributed by atoms with Crippen molar-refractivity contribution in [3.63, 3.8) is 0 Å². The van der Waals surface area contributed by atoms with Crippen molar-refractivity contribution in [1.29, 1.82) is 0 Å². The first-order chi connectivity index (χ1) is 17.0. The van der Waals surface area contributed by atoms with Crippen molar-refractivity contribution in [1.82, 2.24) is 5.43 Å². The maximum absolute atomic E-state index is 12.4. The summed E-state index contributed by atoms with van der Waals surface area (Å²) < 4.78 is 5.40. The van der Waals surface area contributed by atoms with Gasteiger partial charge in [0, 0.05) is 23.4 Å². The fourth-order valence-electron chi connectivity index (χ4n) is 3.25. The molecular formula is C26H20N4O5. The summed E-state index contributed by atoms with van der Waals surface area (Å²) in [7, 11) is 0. The van der Waals surface area contributed by atoms with E-state index in [0.29, 0.717) is 5.56 Å². The summed E-state index contributed by atoms with van der Waals surface area (Å²) in [5.74, 6) is -0.803. The van der Waals surface area contributed by atoms with Crippen LogP contribution in [0.3, 0.4) is 0 Å². The Bertz CT molecular complexity index is 1420. The third-order valence-corrected chi connectivity index (χ3v) is 5.03. The number of carbonyl (C=O) groups excluding carboxylic acids is 2. The molecule has 0 heterocycles. The zero-order valence-corrected chi connectivity index (χ0v) is 18.4. The van der Waals surface area contributed by atoms with E-state index in [4.69, 9.17) is 4.74 Å². The lowest BCUT2D eigenvalue weighted by atomic mass is 10.1. The Balaban J connectivity index is 1.33. The van der Waals surface area contributed by atoms with Gasteiger partial charge in [-0.15, -0.1) is 0 Å². The molecule has 0 bridgehead atoms. The highest BCUT2D eigenvalue weighted by Gasteiger charge is 2.13. The lowest BCUT2D eigenvalue weighted by Crippen LogP contribution is -2.25. The SMILES string of the molecule is O=C(CNc1ccc2ccccc2c1)NN=Cc1ccccc1OC(=O)c1ccc([N+](=O)[O-])cc1. The van der Waals surface area contributed by atoms with Crippen molar-refractivity contribution >= 4 is 40.2 Å². The predicted octanol–water partition coefficient (Wildman–Crippen LogP) is 4.53. The van der Waals surface area contributed by atoms with E-state index in [1.54, 1.807) is 24.3 Å². The number of amides is 1. The van der Waals surface area contributed by atoms with Crippen molar-refractivity contribution in [3.05, 3.63) is 112 Å². The topological polar surface area (TPSA) is 123 Å². The Labute approximate surface area is 200 Å². The van der Waals surface area contributed by atoms with Crippen LogP contribution >= 0.6 is 0 Å². The van der Waals surface area contributed by atoms with E-state index < -0.39 is 10.9 Å². The Morgan fingerprint density at radius 1 is 0.914 bits per heavy atom. The van der Waals surface area contributed by atoms with Crippen LogP contribution in [0.25, 0.3) is 10.8 Å². The first kappa shape index (κ1) is 23.1. The van der Waals surface area contributed by atoms with Gasteiger partial charge in [-0.1, -0.05) is 42.5 Å². The molecule has 0 unspecified atom stereocenters. The molecule has 4 rings (SSSR count). The molecule has 0 aliphatic rings. The van der Waals surface area contributed by atoms with Crippen LogP contribution in [0.15, 0.2) is 96.1 Å². The number of hydrazone groups is 1. The molecule has 1 amide bonds. The molecule has 0 aromatic heterocycles. The zero-order valence-electron chi connectivity index (χ0n) is 18.4. The van der Waals surface area contributed by atoms with Gasteiger partial charge in [0.2, 0.25) is 0 Å². The van der Waals surface area contributed by atoms with Crippen molar-refractivity contribution in [2.75, 3.05) is 11.9 Å². The molecule has 0 saturated heterocycles. The van der Waals surface area contributed by atoms with Gasteiger partial charge >= 0.3 is 5.97 Å². The molecule has 2 N–H and O–H groups in total. The van der Waals surface area contributed by atoms with Crippen LogP contribution in [0.2, 0.25) is 0 Å². The average molecular weight is 468 g/mol. The molecular weight excluding hydrogens is 448 g/mol. The maximum Gasteiger partial charge on any atom is 0.343 e. The van der Waals surface area contributed by atoms with Gasteiger partial charge in [-0.05, 0) is 47.2 Å². The highest BCUT2D eigenvalue weighted by atomic mass is 16.6. The maximum atomic E-state index is 12.4. The summed E-state index contributed by atoms with van der Waals surface area (Å²) in [6.45, 7) is 0.0203. The number of anilines is 1. The van der Waals surface area contributed by atoms with Crippen LogP contribution in [0.5, 0.6) is 5.75 Å². The molecule has 0 fully saturated rings. The average Bonchev–Trinajstić information content (AvgIpc) is 2.88. The molecule has 174 valence electrons. The normalized spacial score (nSPS) is 10.7. The quantitative estimate of drug-likeness (QED) is 0.129. The third-order valence-electron chi connectivity index (χ3n) is 5.03. The van der Waals surface area contributed by atoms with Crippen molar-refractivity contribution in [2.45, 2.75) is 0 Å². The van der Waals surface area contributed by atoms with E-state index in [-0.39, 0.29) is 29.5 Å². The number of benzene rings is 4. The minimum atomic E-state index is -0.677. The monoisotopic (exact) mass is 468 g/mol. The summed E-state index contributed by atoms with van der Waals surface area (Å²) in [5, 5.41) is 19.9. The summed E-state index contributed by atoms with van der Waals surface area (Å²) in [5.41, 5.74) is 3.74. The van der Waals surface area contributed by atoms with E-state index in [1.807, 2.05) is 42.5 Å². The van der Waals surface area contributed by atoms with Gasteiger partial charge in [-0.25, -0.2) is 10.2 Å². The van der Waals surface area contributed by atoms with E-state index in [0.717, 1.165) is 16.5 Å². The number of nitrogens with zero attached hydrogens (tertiary/aromatic N) is 2. The second-order valence-corrected chi connectivity index (χ2v) is 7.44. The minimum absolute atomic E-state index is 0.0203. The standard InChI is InChI=1S/C26H20N4O5/c31-25(17-27-22-12-9-18-5-1-2-6-20(18)15-22)29-28-16-21-7-3-4-8-24(21)35-26(32)19-10-13-23(14-11-19)30(33)34/h1-16,27H,17H2,(H,29,31). The lowest BCUT2D eigenvalue weighted by Gasteiger charge is -2.08. The van der Waals surface area contributed by atoms with E-state index >= 15 is 0 Å². The molecule has 0 aliphatic carbocycles. The molecule has 9 heteroatoms. The number of hydrogen-bond acceptors (Lipinski definition) is 7. The van der Waals surface area contributed by atoms with Crippen molar-refractivity contribution < 1.29 is 19.2 Å². The number of fused-ring (bicyclic) bond motifs is 1. The summed E-state index contributed by atoms with van der Waals surface area (Å²) in [4.78, 5) is 34.8. The van der Waals surface area contributed by atoms with Crippen molar-refractivity contribution in [2.24, 2.45) is 5.10 Å². The van der Waals surface area contributed by atoms with Gasteiger partial charge in [0.1, 0.15) is 5.75 Å². The van der Waals surface area contributed by atoms with Crippen LogP contribution in [-0.4, -0.2) is 29.6 Å². The second kappa shape index (κ2) is 10.7. The Hall–Kier alpha value is -5.05. The van der Waals surface area contributed by atoms with Crippen LogP contribution in [0.1, 0.15) is 15.9 Å². The Morgan fingerprint density at radius 2 is 1.63 bits per heavy atom. The van der Waals surface area contributed by atoms with Crippen LogP contribution in [-0.2, 0) is 4.79 Å². The molecule has 0 saturated carbocycles. The first-order valence-electron chi connectivity index (χ1n) is 10.6. The molecule has 35 heavy (non-hydrogen) atoms. The molecule has 0 aliphatic heterocycles. The van der Waals surface area contributed by atoms with E-state index in [1.165, 1.54) is 30.5 Å². The number of non-ortho nitro benzene ring substituents is 1. The first-order valence-corrected chi connectivity index (χ1v) is 10.6. The van der Waals surface area contributed by atoms with Gasteiger partial charge in [0.25, 0.3) is 11.6 Å². The van der Waals surface area contributed by atoms with Crippen molar-refractivity contribution in [3.8, 4) is 5.75 Å². The highest BCUT2D eigenvalue weighted by Crippen LogP contribution is 2.20. The Morgan fingerprint density at radius 3 is 2.40 bits per heavy atom. The number of ether oxygens (including phenoxy) is 1. The number of esters is 1. The van der Waals surface area contributed by atoms with Crippen LogP contribution in [0.4, 0.5) is 11.4 Å². The summed E-state index contributed by atoms with van der Waals surface area (Å²) >= 11 is 0. The molecule has 0 radical (unpaired) electrons. The van der Waals surface area contributed by atoms with Gasteiger partial charge < -0.3 is 10.1 Å².